The Labute approximate surface area is 316 Å². The lowest BCUT2D eigenvalue weighted by Crippen LogP contribution is -2.01. The van der Waals surface area contributed by atoms with Crippen LogP contribution in [0.1, 0.15) is 21.9 Å². The second kappa shape index (κ2) is 10.8. The van der Waals surface area contributed by atoms with Crippen molar-refractivity contribution >= 4 is 65.4 Å². The minimum Gasteiger partial charge on any atom is -0.309 e. The van der Waals surface area contributed by atoms with Gasteiger partial charge < -0.3 is 13.7 Å². The molecule has 3 nitrogen and oxygen atoms in total. The first-order valence-electron chi connectivity index (χ1n) is 24.2. The molecule has 11 aromatic rings. The number of aromatic nitrogens is 3. The summed E-state index contributed by atoms with van der Waals surface area (Å²) in [6.07, 6.45) is 0. The molecule has 0 radical (unpaired) electrons. The maximum absolute atomic E-state index is 9.14. The SMILES string of the molecule is [2H]c1c([2H])c([2H])c2c(c1[2H])c1c([2H])c([2H])c([2H])c([2H])c1n2-c1ccc2c(c1)c1ccccc1n2-c1ccccc1-c1ccccc1-n1c2c([2H])c([2H])c([2H])c([2H])c2c2c([2H])c([2H])c([2H])c([2H])c21. The van der Waals surface area contributed by atoms with Crippen LogP contribution in [-0.4, -0.2) is 13.7 Å². The fourth-order valence-corrected chi connectivity index (χ4v) is 7.49. The van der Waals surface area contributed by atoms with Crippen molar-refractivity contribution < 1.29 is 21.9 Å². The van der Waals surface area contributed by atoms with Crippen LogP contribution >= 0.6 is 0 Å². The summed E-state index contributed by atoms with van der Waals surface area (Å²) in [6, 6.07) is 20.0. The lowest BCUT2D eigenvalue weighted by molar-refractivity contribution is 1.15. The molecule has 238 valence electrons. The van der Waals surface area contributed by atoms with Crippen molar-refractivity contribution in [2.24, 2.45) is 0 Å². The zero-order chi connectivity index (χ0) is 47.4. The molecular weight excluding hydrogens is 619 g/mol. The molecule has 0 N–H and O–H groups in total. The molecule has 3 aromatic heterocycles. The third kappa shape index (κ3) is 4.00. The van der Waals surface area contributed by atoms with Crippen molar-refractivity contribution in [3.8, 4) is 28.2 Å². The van der Waals surface area contributed by atoms with Gasteiger partial charge in [-0.1, -0.05) is 127 Å². The molecule has 51 heavy (non-hydrogen) atoms. The van der Waals surface area contributed by atoms with E-state index in [9.17, 15) is 0 Å². The minimum atomic E-state index is -0.538. The fourth-order valence-electron chi connectivity index (χ4n) is 7.49. The van der Waals surface area contributed by atoms with E-state index >= 15 is 0 Å². The van der Waals surface area contributed by atoms with Crippen LogP contribution in [0.3, 0.4) is 0 Å². The number of fused-ring (bicyclic) bond motifs is 9. The molecule has 0 unspecified atom stereocenters. The molecule has 0 fully saturated rings. The zero-order valence-corrected chi connectivity index (χ0v) is 26.5. The van der Waals surface area contributed by atoms with Crippen LogP contribution in [0, 0.1) is 0 Å². The van der Waals surface area contributed by atoms with E-state index in [1.807, 2.05) is 77.4 Å². The average Bonchev–Trinajstić information content (AvgIpc) is 4.00. The number of hydrogen-bond acceptors (Lipinski definition) is 0. The van der Waals surface area contributed by atoms with Gasteiger partial charge >= 0.3 is 0 Å². The fraction of sp³-hybridized carbons (Fsp3) is 0. The lowest BCUT2D eigenvalue weighted by atomic mass is 10.0. The van der Waals surface area contributed by atoms with E-state index in [0.717, 1.165) is 10.9 Å². The molecule has 0 aliphatic carbocycles. The van der Waals surface area contributed by atoms with Crippen LogP contribution < -0.4 is 0 Å². The van der Waals surface area contributed by atoms with Crippen LogP contribution in [-0.2, 0) is 0 Å². The summed E-state index contributed by atoms with van der Waals surface area (Å²) >= 11 is 0. The third-order valence-electron chi connectivity index (χ3n) is 9.56. The predicted molar refractivity (Wildman–Crippen MR) is 215 cm³/mol. The summed E-state index contributed by atoms with van der Waals surface area (Å²) in [5.41, 5.74) is 4.06. The minimum absolute atomic E-state index is 0.00202. The molecule has 0 spiro atoms. The Morgan fingerprint density at radius 1 is 0.314 bits per heavy atom. The second-order valence-electron chi connectivity index (χ2n) is 12.2. The van der Waals surface area contributed by atoms with Crippen molar-refractivity contribution in [2.45, 2.75) is 0 Å². The number of para-hydroxylation sites is 7. The molecule has 0 aliphatic rings. The predicted octanol–water partition coefficient (Wildman–Crippen LogP) is 12.6. The maximum Gasteiger partial charge on any atom is 0.0645 e. The van der Waals surface area contributed by atoms with Crippen molar-refractivity contribution in [2.75, 3.05) is 0 Å². The molecule has 3 heterocycles. The van der Waals surface area contributed by atoms with Crippen LogP contribution in [0.5, 0.6) is 0 Å². The highest BCUT2D eigenvalue weighted by Crippen LogP contribution is 2.41. The van der Waals surface area contributed by atoms with Gasteiger partial charge in [-0.25, -0.2) is 0 Å². The van der Waals surface area contributed by atoms with E-state index in [4.69, 9.17) is 21.9 Å². The summed E-state index contributed by atoms with van der Waals surface area (Å²) in [5, 5.41) is 1.34. The van der Waals surface area contributed by atoms with Crippen molar-refractivity contribution in [3.63, 3.8) is 0 Å². The summed E-state index contributed by atoms with van der Waals surface area (Å²) in [7, 11) is 0. The smallest absolute Gasteiger partial charge is 0.0645 e. The Balaban J connectivity index is 1.22. The van der Waals surface area contributed by atoms with Crippen LogP contribution in [0.15, 0.2) is 188 Å². The molecule has 3 heteroatoms. The number of nitrogens with zero attached hydrogens (tertiary/aromatic N) is 3. The first-order valence-corrected chi connectivity index (χ1v) is 16.2. The monoisotopic (exact) mass is 665 g/mol. The van der Waals surface area contributed by atoms with Gasteiger partial charge in [0, 0.05) is 49.1 Å². The van der Waals surface area contributed by atoms with E-state index in [0.29, 0.717) is 39.1 Å². The first-order chi connectivity index (χ1) is 32.0. The Bertz CT molecular complexity index is 3920. The van der Waals surface area contributed by atoms with Gasteiger partial charge in [0.1, 0.15) is 0 Å². The van der Waals surface area contributed by atoms with Gasteiger partial charge in [0.25, 0.3) is 0 Å². The number of benzene rings is 8. The van der Waals surface area contributed by atoms with Gasteiger partial charge in [-0.15, -0.1) is 0 Å². The molecule has 0 saturated carbocycles. The van der Waals surface area contributed by atoms with Crippen molar-refractivity contribution in [3.05, 3.63) is 188 Å². The summed E-state index contributed by atoms with van der Waals surface area (Å²) in [5.74, 6) is 0. The number of hydrogen-bond donors (Lipinski definition) is 0. The van der Waals surface area contributed by atoms with E-state index in [-0.39, 0.29) is 43.6 Å². The Morgan fingerprint density at radius 3 is 1.27 bits per heavy atom. The molecule has 0 bridgehead atoms. The number of rotatable bonds is 4. The topological polar surface area (TPSA) is 14.8 Å². The highest BCUT2D eigenvalue weighted by molar-refractivity contribution is 6.13. The van der Waals surface area contributed by atoms with Crippen molar-refractivity contribution in [1.82, 2.24) is 13.7 Å². The highest BCUT2D eigenvalue weighted by Gasteiger charge is 2.20. The van der Waals surface area contributed by atoms with E-state index in [1.165, 1.54) is 9.13 Å². The maximum atomic E-state index is 9.14. The normalized spacial score (nSPS) is 16.3. The molecule has 8 aromatic carbocycles. The molecule has 0 aliphatic heterocycles. The van der Waals surface area contributed by atoms with E-state index < -0.39 is 96.7 Å². The lowest BCUT2D eigenvalue weighted by Gasteiger charge is -2.18. The first kappa shape index (κ1) is 16.7. The Hall–Kier alpha value is -6.84. The highest BCUT2D eigenvalue weighted by atomic mass is 15.0. The zero-order valence-electron chi connectivity index (χ0n) is 42.5. The second-order valence-corrected chi connectivity index (χ2v) is 12.2. The van der Waals surface area contributed by atoms with Crippen molar-refractivity contribution in [1.29, 1.82) is 0 Å². The van der Waals surface area contributed by atoms with Gasteiger partial charge in [0.05, 0.1) is 66.4 Å². The van der Waals surface area contributed by atoms with E-state index in [2.05, 4.69) is 0 Å². The standard InChI is InChI=1S/C48H31N3/c1-8-22-41-33(15-1)34-16-2-9-23-42(34)49(41)32-29-30-48-40(31-32)39-21-7-14-28-47(39)51(48)46-27-13-6-20-38(46)37-19-5-12-26-45(37)50-43-24-10-3-17-35(43)36-18-4-11-25-44(36)50/h1-31H/i1D,2D,3D,4D,8D,9D,10D,11D,15D,16D,17D,18D,22D,23D,24D,25D. The van der Waals surface area contributed by atoms with Gasteiger partial charge in [-0.05, 0) is 60.6 Å². The Morgan fingerprint density at radius 2 is 0.725 bits per heavy atom. The largest absolute Gasteiger partial charge is 0.309 e. The van der Waals surface area contributed by atoms with Crippen LogP contribution in [0.2, 0.25) is 0 Å². The van der Waals surface area contributed by atoms with E-state index in [1.54, 1.807) is 18.2 Å². The average molecular weight is 666 g/mol. The summed E-state index contributed by atoms with van der Waals surface area (Å²) < 4.78 is 146. The summed E-state index contributed by atoms with van der Waals surface area (Å²) in [6.45, 7) is 0. The van der Waals surface area contributed by atoms with Gasteiger partial charge in [0.15, 0.2) is 0 Å². The van der Waals surface area contributed by atoms with Gasteiger partial charge in [-0.3, -0.25) is 0 Å². The summed E-state index contributed by atoms with van der Waals surface area (Å²) in [4.78, 5) is 0. The molecular formula is C48H31N3. The van der Waals surface area contributed by atoms with Gasteiger partial charge in [-0.2, -0.15) is 0 Å². The quantitative estimate of drug-likeness (QED) is 0.178. The Kier molecular flexibility index (Phi) is 3.55. The molecule has 0 amide bonds. The van der Waals surface area contributed by atoms with Crippen LogP contribution in [0.4, 0.5) is 0 Å². The molecule has 11 rings (SSSR count). The third-order valence-corrected chi connectivity index (χ3v) is 9.56. The van der Waals surface area contributed by atoms with Crippen LogP contribution in [0.25, 0.3) is 93.6 Å². The molecule has 0 atom stereocenters. The molecule has 0 saturated heterocycles. The van der Waals surface area contributed by atoms with Gasteiger partial charge in [0.2, 0.25) is 0 Å².